The Balaban J connectivity index is 0.000000384. The van der Waals surface area contributed by atoms with Crippen molar-refractivity contribution in [2.45, 2.75) is 6.18 Å². The van der Waals surface area contributed by atoms with Crippen LogP contribution in [0.1, 0.15) is 10.4 Å². The SMILES string of the molecule is COc1cc2nn(C)c(-c3ccc(N4CC5(CNC5)C4)cc3F)c2cc1C(N)=O.O=C(O)C(F)(F)F. The Hall–Kier alpha value is -3.87. The lowest BCUT2D eigenvalue weighted by Gasteiger charge is -2.57. The number of anilines is 1. The number of nitrogens with one attached hydrogen (secondary N) is 1. The second kappa shape index (κ2) is 8.97. The number of benzene rings is 2. The average molecular weight is 509 g/mol. The van der Waals surface area contributed by atoms with Crippen molar-refractivity contribution in [3.8, 4) is 17.0 Å². The largest absolute Gasteiger partial charge is 0.496 e. The molecule has 0 unspecified atom stereocenters. The van der Waals surface area contributed by atoms with E-state index in [-0.39, 0.29) is 11.4 Å². The Bertz CT molecular complexity index is 1340. The van der Waals surface area contributed by atoms with E-state index in [0.717, 1.165) is 31.9 Å². The van der Waals surface area contributed by atoms with Crippen LogP contribution in [0.3, 0.4) is 0 Å². The Kier molecular flexibility index (Phi) is 6.29. The second-order valence-electron chi connectivity index (χ2n) is 8.83. The highest BCUT2D eigenvalue weighted by molar-refractivity contribution is 6.03. The lowest BCUT2D eigenvalue weighted by atomic mass is 9.74. The summed E-state index contributed by atoms with van der Waals surface area (Å²) >= 11 is 0. The smallest absolute Gasteiger partial charge is 0.490 e. The van der Waals surface area contributed by atoms with Gasteiger partial charge in [0, 0.05) is 61.3 Å². The van der Waals surface area contributed by atoms with E-state index in [2.05, 4.69) is 15.3 Å². The van der Waals surface area contributed by atoms with Crippen LogP contribution in [0.5, 0.6) is 5.75 Å². The van der Waals surface area contributed by atoms with Gasteiger partial charge in [-0.15, -0.1) is 0 Å². The molecule has 1 amide bonds. The first-order chi connectivity index (χ1) is 16.8. The Morgan fingerprint density at radius 1 is 1.19 bits per heavy atom. The van der Waals surface area contributed by atoms with E-state index < -0.39 is 18.1 Å². The normalized spacial score (nSPS) is 16.1. The molecule has 36 heavy (non-hydrogen) atoms. The van der Waals surface area contributed by atoms with Gasteiger partial charge in [-0.1, -0.05) is 0 Å². The highest BCUT2D eigenvalue weighted by Gasteiger charge is 2.47. The zero-order chi connectivity index (χ0) is 26.4. The van der Waals surface area contributed by atoms with Gasteiger partial charge < -0.3 is 25.8 Å². The number of aromatic nitrogens is 2. The first-order valence-electron chi connectivity index (χ1n) is 10.8. The molecule has 0 saturated carbocycles. The van der Waals surface area contributed by atoms with Crippen LogP contribution in [-0.4, -0.2) is 66.2 Å². The van der Waals surface area contributed by atoms with Gasteiger partial charge in [0.2, 0.25) is 0 Å². The van der Waals surface area contributed by atoms with Crippen LogP contribution in [-0.2, 0) is 11.8 Å². The van der Waals surface area contributed by atoms with Crippen LogP contribution in [0.2, 0.25) is 0 Å². The maximum atomic E-state index is 15.1. The van der Waals surface area contributed by atoms with Crippen molar-refractivity contribution in [1.82, 2.24) is 15.1 Å². The van der Waals surface area contributed by atoms with Gasteiger partial charge in [-0.05, 0) is 24.3 Å². The second-order valence-corrected chi connectivity index (χ2v) is 8.83. The molecule has 13 heteroatoms. The maximum Gasteiger partial charge on any atom is 0.490 e. The summed E-state index contributed by atoms with van der Waals surface area (Å²) < 4.78 is 53.7. The van der Waals surface area contributed by atoms with E-state index in [4.69, 9.17) is 20.4 Å². The Morgan fingerprint density at radius 2 is 1.83 bits per heavy atom. The number of aliphatic carboxylic acids is 1. The van der Waals surface area contributed by atoms with Gasteiger partial charge in [-0.2, -0.15) is 18.3 Å². The summed E-state index contributed by atoms with van der Waals surface area (Å²) in [4.78, 5) is 22.9. The fourth-order valence-electron chi connectivity index (χ4n) is 4.45. The molecule has 0 atom stereocenters. The molecular weight excluding hydrogens is 486 g/mol. The summed E-state index contributed by atoms with van der Waals surface area (Å²) in [5, 5.41) is 15.5. The number of hydrogen-bond donors (Lipinski definition) is 3. The summed E-state index contributed by atoms with van der Waals surface area (Å²) in [5.41, 5.74) is 8.62. The summed E-state index contributed by atoms with van der Waals surface area (Å²) in [5.74, 6) is -3.33. The zero-order valence-electron chi connectivity index (χ0n) is 19.3. The van der Waals surface area contributed by atoms with Crippen LogP contribution in [0.25, 0.3) is 22.2 Å². The van der Waals surface area contributed by atoms with E-state index in [1.807, 2.05) is 6.07 Å². The minimum atomic E-state index is -5.08. The molecule has 9 nitrogen and oxygen atoms in total. The fourth-order valence-corrected chi connectivity index (χ4v) is 4.45. The quantitative estimate of drug-likeness (QED) is 0.462. The molecule has 2 fully saturated rings. The lowest BCUT2D eigenvalue weighted by Crippen LogP contribution is -2.71. The predicted octanol–water partition coefficient (Wildman–Crippen LogP) is 2.53. The van der Waals surface area contributed by atoms with Crippen molar-refractivity contribution in [2.24, 2.45) is 18.2 Å². The summed E-state index contributed by atoms with van der Waals surface area (Å²) in [6.45, 7) is 3.98. The zero-order valence-corrected chi connectivity index (χ0v) is 19.3. The molecule has 0 radical (unpaired) electrons. The van der Waals surface area contributed by atoms with Crippen LogP contribution >= 0.6 is 0 Å². The number of alkyl halides is 3. The van der Waals surface area contributed by atoms with Crippen molar-refractivity contribution < 1.29 is 37.0 Å². The number of ether oxygens (including phenoxy) is 1. The molecule has 3 aromatic rings. The molecule has 0 bridgehead atoms. The number of hydrogen-bond acceptors (Lipinski definition) is 6. The lowest BCUT2D eigenvalue weighted by molar-refractivity contribution is -0.192. The number of carboxylic acid groups (broad SMARTS) is 1. The number of carbonyl (C=O) groups excluding carboxylic acids is 1. The summed E-state index contributed by atoms with van der Waals surface area (Å²) in [6.07, 6.45) is -5.08. The molecule has 2 aliphatic heterocycles. The number of rotatable bonds is 4. The third-order valence-electron chi connectivity index (χ3n) is 6.29. The number of nitrogens with zero attached hydrogens (tertiary/aromatic N) is 3. The number of amides is 1. The van der Waals surface area contributed by atoms with Gasteiger partial charge in [0.15, 0.2) is 0 Å². The van der Waals surface area contributed by atoms with Gasteiger partial charge in [-0.25, -0.2) is 9.18 Å². The number of fused-ring (bicyclic) bond motifs is 1. The topological polar surface area (TPSA) is 123 Å². The number of halogens is 4. The minimum Gasteiger partial charge on any atom is -0.496 e. The molecule has 2 saturated heterocycles. The van der Waals surface area contributed by atoms with Gasteiger partial charge in [0.05, 0.1) is 23.9 Å². The third-order valence-corrected chi connectivity index (χ3v) is 6.29. The Morgan fingerprint density at radius 3 is 2.31 bits per heavy atom. The third kappa shape index (κ3) is 4.53. The molecule has 1 aromatic heterocycles. The first-order valence-corrected chi connectivity index (χ1v) is 10.8. The van der Waals surface area contributed by atoms with Crippen LogP contribution in [0.4, 0.5) is 23.2 Å². The summed E-state index contributed by atoms with van der Waals surface area (Å²) in [7, 11) is 3.22. The monoisotopic (exact) mass is 509 g/mol. The van der Waals surface area contributed by atoms with E-state index in [9.17, 15) is 18.0 Å². The van der Waals surface area contributed by atoms with Crippen molar-refractivity contribution >= 4 is 28.5 Å². The number of nitrogens with two attached hydrogens (primary N) is 1. The van der Waals surface area contributed by atoms with Crippen LogP contribution in [0.15, 0.2) is 30.3 Å². The standard InChI is InChI=1S/C21H22FN5O2.C2HF3O2/c1-26-19(14-6-15(20(23)28)18(29-2)7-17(14)25-26)13-4-3-12(5-16(13)22)27-10-21(11-27)8-24-9-21;3-2(4,5)1(6)7/h3-7,24H,8-11H2,1-2H3,(H2,23,28);(H,6,7). The average Bonchev–Trinajstić information content (AvgIpc) is 3.05. The molecule has 2 aliphatic rings. The van der Waals surface area contributed by atoms with Gasteiger partial charge >= 0.3 is 12.1 Å². The van der Waals surface area contributed by atoms with Crippen LogP contribution < -0.4 is 20.7 Å². The molecule has 192 valence electrons. The molecule has 4 N–H and O–H groups in total. The number of primary amides is 1. The van der Waals surface area contributed by atoms with Crippen molar-refractivity contribution in [3.63, 3.8) is 0 Å². The van der Waals surface area contributed by atoms with E-state index in [1.54, 1.807) is 36.0 Å². The van der Waals surface area contributed by atoms with Crippen LogP contribution in [0, 0.1) is 11.2 Å². The highest BCUT2D eigenvalue weighted by Crippen LogP contribution is 2.40. The number of carboxylic acids is 1. The molecule has 3 heterocycles. The van der Waals surface area contributed by atoms with Gasteiger partial charge in [-0.3, -0.25) is 9.48 Å². The summed E-state index contributed by atoms with van der Waals surface area (Å²) in [6, 6.07) is 8.56. The van der Waals surface area contributed by atoms with Gasteiger partial charge in [0.1, 0.15) is 11.6 Å². The van der Waals surface area contributed by atoms with Crippen molar-refractivity contribution in [3.05, 3.63) is 41.7 Å². The van der Waals surface area contributed by atoms with E-state index >= 15 is 4.39 Å². The molecule has 2 aromatic carbocycles. The number of carbonyl (C=O) groups is 2. The number of methoxy groups -OCH3 is 1. The molecule has 0 aliphatic carbocycles. The Labute approximate surface area is 202 Å². The number of aryl methyl sites for hydroxylation is 1. The first kappa shape index (κ1) is 25.2. The molecular formula is C23H23F4N5O4. The van der Waals surface area contributed by atoms with E-state index in [0.29, 0.717) is 33.3 Å². The van der Waals surface area contributed by atoms with E-state index in [1.165, 1.54) is 7.11 Å². The molecule has 5 rings (SSSR count). The van der Waals surface area contributed by atoms with Crippen molar-refractivity contribution in [1.29, 1.82) is 0 Å². The van der Waals surface area contributed by atoms with Crippen molar-refractivity contribution in [2.75, 3.05) is 38.2 Å². The predicted molar refractivity (Wildman–Crippen MR) is 122 cm³/mol. The highest BCUT2D eigenvalue weighted by atomic mass is 19.4. The molecule has 1 spiro atoms. The fraction of sp³-hybridized carbons (Fsp3) is 0.348. The van der Waals surface area contributed by atoms with Gasteiger partial charge in [0.25, 0.3) is 5.91 Å². The minimum absolute atomic E-state index is 0.242. The maximum absolute atomic E-state index is 15.1.